The number of amides is 3. The van der Waals surface area contributed by atoms with E-state index in [1.807, 2.05) is 57.1 Å². The molecule has 0 saturated carbocycles. The molecular formula is C25H29ClN4O3. The number of urea groups is 1. The number of benzene rings is 2. The van der Waals surface area contributed by atoms with Crippen molar-refractivity contribution in [2.45, 2.75) is 33.0 Å². The minimum absolute atomic E-state index is 0.00818. The highest BCUT2D eigenvalue weighted by Crippen LogP contribution is 2.26. The summed E-state index contributed by atoms with van der Waals surface area (Å²) in [5, 5.41) is 6.24. The lowest BCUT2D eigenvalue weighted by Gasteiger charge is -2.26. The standard InChI is InChI=1S/C25H29ClN4O3/c1-17(2)27-25(32)30(16-20-8-7-13-33-20)15-18-14-19(11-12-23(18)29(3)4)28-24(31)21-9-5-6-10-22(21)26/h5-14,17H,15-16H2,1-4H3,(H,27,32)(H,28,31). The van der Waals surface area contributed by atoms with Crippen LogP contribution in [0.15, 0.2) is 65.3 Å². The fourth-order valence-electron chi connectivity index (χ4n) is 3.40. The van der Waals surface area contributed by atoms with Gasteiger partial charge in [-0.3, -0.25) is 4.79 Å². The lowest BCUT2D eigenvalue weighted by atomic mass is 10.1. The van der Waals surface area contributed by atoms with Gasteiger partial charge in [0, 0.05) is 31.5 Å². The number of anilines is 2. The Morgan fingerprint density at radius 3 is 2.42 bits per heavy atom. The Kier molecular flexibility index (Phi) is 8.01. The molecule has 3 rings (SSSR count). The van der Waals surface area contributed by atoms with Crippen molar-refractivity contribution in [1.82, 2.24) is 10.2 Å². The molecule has 2 aromatic carbocycles. The zero-order valence-electron chi connectivity index (χ0n) is 19.3. The van der Waals surface area contributed by atoms with E-state index < -0.39 is 0 Å². The molecule has 0 aliphatic rings. The van der Waals surface area contributed by atoms with Crippen LogP contribution in [0.3, 0.4) is 0 Å². The Morgan fingerprint density at radius 2 is 1.79 bits per heavy atom. The number of hydrogen-bond acceptors (Lipinski definition) is 4. The molecule has 174 valence electrons. The molecular weight excluding hydrogens is 440 g/mol. The molecule has 0 spiro atoms. The molecule has 0 bridgehead atoms. The molecule has 0 fully saturated rings. The van der Waals surface area contributed by atoms with Crippen molar-refractivity contribution in [3.63, 3.8) is 0 Å². The third-order valence-corrected chi connectivity index (χ3v) is 5.25. The molecule has 0 radical (unpaired) electrons. The zero-order chi connectivity index (χ0) is 24.0. The second kappa shape index (κ2) is 10.9. The Hall–Kier alpha value is -3.45. The summed E-state index contributed by atoms with van der Waals surface area (Å²) in [6.45, 7) is 4.47. The first-order chi connectivity index (χ1) is 15.7. The van der Waals surface area contributed by atoms with E-state index in [0.717, 1.165) is 11.3 Å². The van der Waals surface area contributed by atoms with E-state index in [4.69, 9.17) is 16.0 Å². The predicted molar refractivity (Wildman–Crippen MR) is 132 cm³/mol. The molecule has 8 heteroatoms. The summed E-state index contributed by atoms with van der Waals surface area (Å²) in [6, 6.07) is 15.9. The molecule has 0 aliphatic heterocycles. The molecule has 1 heterocycles. The quantitative estimate of drug-likeness (QED) is 0.465. The summed E-state index contributed by atoms with van der Waals surface area (Å²) in [4.78, 5) is 29.3. The summed E-state index contributed by atoms with van der Waals surface area (Å²) in [6.07, 6.45) is 1.59. The van der Waals surface area contributed by atoms with Crippen LogP contribution >= 0.6 is 11.6 Å². The van der Waals surface area contributed by atoms with Gasteiger partial charge in [0.25, 0.3) is 5.91 Å². The maximum Gasteiger partial charge on any atom is 0.318 e. The zero-order valence-corrected chi connectivity index (χ0v) is 20.0. The number of furan rings is 1. The molecule has 3 amide bonds. The molecule has 2 N–H and O–H groups in total. The van der Waals surface area contributed by atoms with Crippen LogP contribution in [-0.4, -0.2) is 37.0 Å². The Labute approximate surface area is 199 Å². The van der Waals surface area contributed by atoms with E-state index in [1.165, 1.54) is 0 Å². The third kappa shape index (κ3) is 6.52. The molecule has 7 nitrogen and oxygen atoms in total. The van der Waals surface area contributed by atoms with Crippen LogP contribution in [0.1, 0.15) is 35.5 Å². The summed E-state index contributed by atoms with van der Waals surface area (Å²) >= 11 is 6.17. The van der Waals surface area contributed by atoms with Crippen molar-refractivity contribution >= 4 is 34.9 Å². The number of rotatable bonds is 8. The average Bonchev–Trinajstić information content (AvgIpc) is 3.26. The maximum absolute atomic E-state index is 12.9. The topological polar surface area (TPSA) is 77.8 Å². The second-order valence-corrected chi connectivity index (χ2v) is 8.62. The van der Waals surface area contributed by atoms with Gasteiger partial charge in [-0.15, -0.1) is 0 Å². The number of nitrogens with one attached hydrogen (secondary N) is 2. The smallest absolute Gasteiger partial charge is 0.318 e. The Morgan fingerprint density at radius 1 is 1.03 bits per heavy atom. The summed E-state index contributed by atoms with van der Waals surface area (Å²) in [5.74, 6) is 0.387. The first kappa shape index (κ1) is 24.2. The number of nitrogens with zero attached hydrogens (tertiary/aromatic N) is 2. The van der Waals surface area contributed by atoms with E-state index >= 15 is 0 Å². The first-order valence-corrected chi connectivity index (χ1v) is 11.1. The van der Waals surface area contributed by atoms with Crippen molar-refractivity contribution in [3.8, 4) is 0 Å². The van der Waals surface area contributed by atoms with Gasteiger partial charge in [-0.25, -0.2) is 4.79 Å². The second-order valence-electron chi connectivity index (χ2n) is 8.21. The summed E-state index contributed by atoms with van der Waals surface area (Å²) < 4.78 is 5.47. The number of carbonyl (C=O) groups excluding carboxylic acids is 2. The normalized spacial score (nSPS) is 10.7. The van der Waals surface area contributed by atoms with Gasteiger partial charge in [0.1, 0.15) is 5.76 Å². The van der Waals surface area contributed by atoms with Crippen LogP contribution in [0.25, 0.3) is 0 Å². The van der Waals surface area contributed by atoms with Crippen LogP contribution in [0.5, 0.6) is 0 Å². The largest absolute Gasteiger partial charge is 0.467 e. The van der Waals surface area contributed by atoms with E-state index in [2.05, 4.69) is 10.6 Å². The van der Waals surface area contributed by atoms with E-state index in [-0.39, 0.29) is 18.0 Å². The highest BCUT2D eigenvalue weighted by atomic mass is 35.5. The maximum atomic E-state index is 12.9. The molecule has 1 aromatic heterocycles. The molecule has 0 atom stereocenters. The monoisotopic (exact) mass is 468 g/mol. The highest BCUT2D eigenvalue weighted by Gasteiger charge is 2.20. The predicted octanol–water partition coefficient (Wildman–Crippen LogP) is 5.37. The van der Waals surface area contributed by atoms with Gasteiger partial charge in [-0.2, -0.15) is 0 Å². The van der Waals surface area contributed by atoms with E-state index in [0.29, 0.717) is 35.1 Å². The van der Waals surface area contributed by atoms with Gasteiger partial charge in [-0.1, -0.05) is 23.7 Å². The lowest BCUT2D eigenvalue weighted by molar-refractivity contribution is 0.102. The Balaban J connectivity index is 1.88. The van der Waals surface area contributed by atoms with Gasteiger partial charge in [0.15, 0.2) is 0 Å². The number of hydrogen-bond donors (Lipinski definition) is 2. The van der Waals surface area contributed by atoms with Crippen molar-refractivity contribution < 1.29 is 14.0 Å². The first-order valence-electron chi connectivity index (χ1n) is 10.7. The van der Waals surface area contributed by atoms with Crippen molar-refractivity contribution in [2.24, 2.45) is 0 Å². The molecule has 0 aliphatic carbocycles. The van der Waals surface area contributed by atoms with Gasteiger partial charge >= 0.3 is 6.03 Å². The SMILES string of the molecule is CC(C)NC(=O)N(Cc1ccco1)Cc1cc(NC(=O)c2ccccc2Cl)ccc1N(C)C. The molecule has 0 saturated heterocycles. The van der Waals surface area contributed by atoms with Crippen molar-refractivity contribution in [1.29, 1.82) is 0 Å². The lowest BCUT2D eigenvalue weighted by Crippen LogP contribution is -2.42. The van der Waals surface area contributed by atoms with Gasteiger partial charge in [0.2, 0.25) is 0 Å². The van der Waals surface area contributed by atoms with Crippen LogP contribution in [0, 0.1) is 0 Å². The van der Waals surface area contributed by atoms with Crippen molar-refractivity contribution in [2.75, 3.05) is 24.3 Å². The minimum atomic E-state index is -0.297. The Bertz CT molecular complexity index is 1100. The van der Waals surface area contributed by atoms with Crippen LogP contribution in [0.2, 0.25) is 5.02 Å². The van der Waals surface area contributed by atoms with Crippen LogP contribution < -0.4 is 15.5 Å². The van der Waals surface area contributed by atoms with Crippen LogP contribution in [-0.2, 0) is 13.1 Å². The number of carbonyl (C=O) groups is 2. The molecule has 33 heavy (non-hydrogen) atoms. The fraction of sp³-hybridized carbons (Fsp3) is 0.280. The fourth-order valence-corrected chi connectivity index (χ4v) is 3.63. The number of halogens is 1. The van der Waals surface area contributed by atoms with E-state index in [9.17, 15) is 9.59 Å². The summed E-state index contributed by atoms with van der Waals surface area (Å²) in [5.41, 5.74) is 2.82. The van der Waals surface area contributed by atoms with Gasteiger partial charge < -0.3 is 24.9 Å². The van der Waals surface area contributed by atoms with Gasteiger partial charge in [0.05, 0.1) is 29.9 Å². The van der Waals surface area contributed by atoms with E-state index in [1.54, 1.807) is 41.5 Å². The van der Waals surface area contributed by atoms with Crippen molar-refractivity contribution in [3.05, 3.63) is 82.8 Å². The minimum Gasteiger partial charge on any atom is -0.467 e. The highest BCUT2D eigenvalue weighted by molar-refractivity contribution is 6.34. The van der Waals surface area contributed by atoms with Crippen LogP contribution in [0.4, 0.5) is 16.2 Å². The third-order valence-electron chi connectivity index (χ3n) is 4.93. The summed E-state index contributed by atoms with van der Waals surface area (Å²) in [7, 11) is 3.87. The average molecular weight is 469 g/mol. The van der Waals surface area contributed by atoms with Gasteiger partial charge in [-0.05, 0) is 61.9 Å². The molecule has 3 aromatic rings. The molecule has 0 unspecified atom stereocenters.